The van der Waals surface area contributed by atoms with Crippen molar-refractivity contribution in [3.8, 4) is 11.1 Å². The van der Waals surface area contributed by atoms with E-state index in [9.17, 15) is 0 Å². The minimum absolute atomic E-state index is 1.28. The first-order valence-electron chi connectivity index (χ1n) is 4.39. The van der Waals surface area contributed by atoms with Crippen LogP contribution < -0.4 is 0 Å². The molecule has 1 aromatic rings. The Morgan fingerprint density at radius 2 is 1.92 bits per heavy atom. The lowest BCUT2D eigenvalue weighted by atomic mass is 10.1. The van der Waals surface area contributed by atoms with Crippen LogP contribution in [0.5, 0.6) is 0 Å². The molecule has 0 fully saturated rings. The molecule has 0 bridgehead atoms. The van der Waals surface area contributed by atoms with Gasteiger partial charge in [0.1, 0.15) is 0 Å². The van der Waals surface area contributed by atoms with Crippen LogP contribution in [0.4, 0.5) is 0 Å². The molecule has 13 heavy (non-hydrogen) atoms. The Kier molecular flexibility index (Phi) is 1.22. The number of aromatic amines is 1. The maximum Gasteiger partial charge on any atom is 0.00840 e. The summed E-state index contributed by atoms with van der Waals surface area (Å²) in [6.45, 7) is 0. The van der Waals surface area contributed by atoms with E-state index in [0.29, 0.717) is 0 Å². The fourth-order valence-corrected chi connectivity index (χ4v) is 1.84. The second kappa shape index (κ2) is 2.36. The Morgan fingerprint density at radius 3 is 2.92 bits per heavy atom. The summed E-state index contributed by atoms with van der Waals surface area (Å²) in [5.74, 6) is 0. The summed E-state index contributed by atoms with van der Waals surface area (Å²) >= 11 is 0. The Labute approximate surface area is 76.4 Å². The van der Waals surface area contributed by atoms with Gasteiger partial charge in [0.2, 0.25) is 0 Å². The summed E-state index contributed by atoms with van der Waals surface area (Å²) in [6, 6.07) is 12.8. The number of nitrogens with one attached hydrogen (secondary N) is 1. The monoisotopic (exact) mass is 167 g/mol. The van der Waals surface area contributed by atoms with Crippen LogP contribution >= 0.6 is 0 Å². The van der Waals surface area contributed by atoms with Gasteiger partial charge < -0.3 is 4.98 Å². The molecule has 2 aliphatic rings. The van der Waals surface area contributed by atoms with E-state index in [1.165, 1.54) is 21.9 Å². The van der Waals surface area contributed by atoms with Crippen LogP contribution in [0.3, 0.4) is 0 Å². The van der Waals surface area contributed by atoms with Crippen molar-refractivity contribution < 1.29 is 0 Å². The zero-order chi connectivity index (χ0) is 8.67. The summed E-state index contributed by atoms with van der Waals surface area (Å²) < 4.78 is 0. The van der Waals surface area contributed by atoms with Crippen LogP contribution in [0.15, 0.2) is 48.8 Å². The number of hydrogen-bond acceptors (Lipinski definition) is 0. The van der Waals surface area contributed by atoms with Gasteiger partial charge >= 0.3 is 0 Å². The topological polar surface area (TPSA) is 15.8 Å². The van der Waals surface area contributed by atoms with Crippen molar-refractivity contribution in [1.82, 2.24) is 4.98 Å². The maximum atomic E-state index is 3.10. The van der Waals surface area contributed by atoms with Gasteiger partial charge in [0, 0.05) is 12.4 Å². The lowest BCUT2D eigenvalue weighted by Gasteiger charge is -1.96. The summed E-state index contributed by atoms with van der Waals surface area (Å²) in [4.78, 5) is 3.10. The molecule has 1 heterocycles. The first-order valence-corrected chi connectivity index (χ1v) is 4.39. The van der Waals surface area contributed by atoms with Crippen molar-refractivity contribution in [2.45, 2.75) is 0 Å². The summed E-state index contributed by atoms with van der Waals surface area (Å²) in [5.41, 5.74) is 2.61. The van der Waals surface area contributed by atoms with Crippen molar-refractivity contribution in [3.63, 3.8) is 0 Å². The largest absolute Gasteiger partial charge is 0.367 e. The molecular weight excluding hydrogens is 158 g/mol. The number of H-pyrrole nitrogens is 1. The van der Waals surface area contributed by atoms with E-state index in [4.69, 9.17) is 0 Å². The van der Waals surface area contributed by atoms with Crippen molar-refractivity contribution >= 4 is 10.8 Å². The SMILES string of the molecule is c1ccc2c3cc[nH]cc-3cc2c1. The molecule has 3 rings (SSSR count). The molecule has 1 heteroatoms. The highest BCUT2D eigenvalue weighted by Crippen LogP contribution is 2.32. The Bertz CT molecular complexity index is 522. The van der Waals surface area contributed by atoms with Gasteiger partial charge in [0.25, 0.3) is 0 Å². The first-order chi connectivity index (χ1) is 6.45. The van der Waals surface area contributed by atoms with E-state index >= 15 is 0 Å². The number of aromatic nitrogens is 1. The quantitative estimate of drug-likeness (QED) is 0.529. The van der Waals surface area contributed by atoms with Gasteiger partial charge in [-0.3, -0.25) is 0 Å². The van der Waals surface area contributed by atoms with Gasteiger partial charge in [-0.15, -0.1) is 0 Å². The van der Waals surface area contributed by atoms with E-state index in [1.807, 2.05) is 12.4 Å². The zero-order valence-corrected chi connectivity index (χ0v) is 7.12. The zero-order valence-electron chi connectivity index (χ0n) is 7.12. The van der Waals surface area contributed by atoms with Crippen LogP contribution in [0.1, 0.15) is 0 Å². The van der Waals surface area contributed by atoms with Crippen molar-refractivity contribution in [1.29, 1.82) is 0 Å². The number of benzene rings is 1. The van der Waals surface area contributed by atoms with Crippen LogP contribution in [0.25, 0.3) is 21.9 Å². The third-order valence-corrected chi connectivity index (χ3v) is 2.46. The van der Waals surface area contributed by atoms with Gasteiger partial charge in [-0.2, -0.15) is 0 Å². The predicted octanol–water partition coefficient (Wildman–Crippen LogP) is 3.27. The fraction of sp³-hybridized carbons (Fsp3) is 0. The molecule has 1 N–H and O–H groups in total. The Hall–Kier alpha value is -1.76. The van der Waals surface area contributed by atoms with E-state index in [-0.39, 0.29) is 0 Å². The lowest BCUT2D eigenvalue weighted by Crippen LogP contribution is -1.74. The van der Waals surface area contributed by atoms with E-state index in [0.717, 1.165) is 0 Å². The summed E-state index contributed by atoms with van der Waals surface area (Å²) in [5, 5.41) is 2.66. The van der Waals surface area contributed by atoms with Crippen LogP contribution in [0.2, 0.25) is 0 Å². The molecule has 0 aromatic heterocycles. The van der Waals surface area contributed by atoms with Gasteiger partial charge in [0.15, 0.2) is 0 Å². The standard InChI is InChI=1S/C12H9N/c1-2-4-11-9(3-1)7-10-8-13-6-5-12(10)11/h1-8,13H. The summed E-state index contributed by atoms with van der Waals surface area (Å²) in [7, 11) is 0. The third-order valence-electron chi connectivity index (χ3n) is 2.46. The minimum Gasteiger partial charge on any atom is -0.367 e. The third kappa shape index (κ3) is 0.872. The molecule has 1 aliphatic heterocycles. The molecule has 1 nitrogen and oxygen atoms in total. The molecule has 0 amide bonds. The molecule has 0 radical (unpaired) electrons. The van der Waals surface area contributed by atoms with Crippen molar-refractivity contribution in [3.05, 3.63) is 48.8 Å². The minimum atomic E-state index is 1.28. The number of hydrogen-bond donors (Lipinski definition) is 1. The molecule has 0 saturated heterocycles. The molecule has 0 spiro atoms. The van der Waals surface area contributed by atoms with Crippen LogP contribution in [-0.4, -0.2) is 4.98 Å². The predicted molar refractivity (Wildman–Crippen MR) is 54.9 cm³/mol. The second-order valence-corrected chi connectivity index (χ2v) is 3.24. The molecule has 0 unspecified atom stereocenters. The van der Waals surface area contributed by atoms with Crippen LogP contribution in [-0.2, 0) is 0 Å². The Balaban J connectivity index is 2.56. The number of pyridine rings is 1. The average Bonchev–Trinajstić information content (AvgIpc) is 2.56. The smallest absolute Gasteiger partial charge is 0.00840 e. The normalized spacial score (nSPS) is 11.1. The van der Waals surface area contributed by atoms with Gasteiger partial charge in [-0.25, -0.2) is 0 Å². The Morgan fingerprint density at radius 1 is 1.00 bits per heavy atom. The van der Waals surface area contributed by atoms with Gasteiger partial charge in [-0.05, 0) is 34.0 Å². The molecule has 62 valence electrons. The second-order valence-electron chi connectivity index (χ2n) is 3.24. The molecular formula is C12H9N. The van der Waals surface area contributed by atoms with E-state index in [1.54, 1.807) is 0 Å². The average molecular weight is 167 g/mol. The van der Waals surface area contributed by atoms with Gasteiger partial charge in [0.05, 0.1) is 0 Å². The molecule has 1 aliphatic carbocycles. The highest BCUT2D eigenvalue weighted by molar-refractivity contribution is 6.01. The highest BCUT2D eigenvalue weighted by atomic mass is 14.6. The summed E-state index contributed by atoms with van der Waals surface area (Å²) in [6.07, 6.45) is 4.00. The fourth-order valence-electron chi connectivity index (χ4n) is 1.84. The lowest BCUT2D eigenvalue weighted by molar-refractivity contribution is 1.34. The van der Waals surface area contributed by atoms with E-state index < -0.39 is 0 Å². The van der Waals surface area contributed by atoms with Gasteiger partial charge in [-0.1, -0.05) is 24.3 Å². The highest BCUT2D eigenvalue weighted by Gasteiger charge is 2.06. The molecule has 0 saturated carbocycles. The van der Waals surface area contributed by atoms with Crippen molar-refractivity contribution in [2.75, 3.05) is 0 Å². The number of rotatable bonds is 0. The molecule has 0 atom stereocenters. The van der Waals surface area contributed by atoms with Crippen molar-refractivity contribution in [2.24, 2.45) is 0 Å². The molecule has 1 aromatic carbocycles. The maximum absolute atomic E-state index is 3.10. The van der Waals surface area contributed by atoms with Crippen LogP contribution in [0, 0.1) is 0 Å². The number of fused-ring (bicyclic) bond motifs is 3. The van der Waals surface area contributed by atoms with E-state index in [2.05, 4.69) is 41.4 Å². The first kappa shape index (κ1) is 6.72.